The number of nitrogens with zero attached hydrogens (tertiary/aromatic N) is 1. The molecule has 0 saturated heterocycles. The molecule has 0 aromatic heterocycles. The van der Waals surface area contributed by atoms with Gasteiger partial charge in [-0.15, -0.1) is 0 Å². The molecule has 1 aromatic rings. The Hall–Kier alpha value is -1.97. The van der Waals surface area contributed by atoms with E-state index < -0.39 is 4.92 Å². The first-order valence-corrected chi connectivity index (χ1v) is 4.09. The molecule has 0 aliphatic heterocycles. The highest BCUT2D eigenvalue weighted by Gasteiger charge is 2.08. The molecule has 1 aromatic carbocycles. The summed E-state index contributed by atoms with van der Waals surface area (Å²) in [4.78, 5) is 20.1. The van der Waals surface area contributed by atoms with Crippen molar-refractivity contribution in [2.24, 2.45) is 0 Å². The zero-order valence-electron chi connectivity index (χ0n) is 7.42. The fraction of sp³-hybridized carbons (Fsp3) is 0.100. The van der Waals surface area contributed by atoms with E-state index in [1.54, 1.807) is 30.4 Å². The Balaban J connectivity index is 2.95. The molecule has 0 aliphatic rings. The van der Waals surface area contributed by atoms with Gasteiger partial charge in [-0.2, -0.15) is 0 Å². The lowest BCUT2D eigenvalue weighted by molar-refractivity contribution is -0.385. The highest BCUT2D eigenvalue weighted by molar-refractivity contribution is 5.63. The van der Waals surface area contributed by atoms with Crippen LogP contribution in [0.5, 0.6) is 0 Å². The molecule has 0 spiro atoms. The lowest BCUT2D eigenvalue weighted by Gasteiger charge is -1.95. The van der Waals surface area contributed by atoms with Gasteiger partial charge in [0.2, 0.25) is 0 Å². The van der Waals surface area contributed by atoms with E-state index in [0.717, 1.165) is 6.29 Å². The van der Waals surface area contributed by atoms with Crippen LogP contribution in [0.1, 0.15) is 12.0 Å². The van der Waals surface area contributed by atoms with Crippen LogP contribution in [0.4, 0.5) is 5.69 Å². The van der Waals surface area contributed by atoms with E-state index in [2.05, 4.69) is 0 Å². The number of carbonyl (C=O) groups is 1. The summed E-state index contributed by atoms with van der Waals surface area (Å²) >= 11 is 0. The summed E-state index contributed by atoms with van der Waals surface area (Å²) in [6.07, 6.45) is 4.18. The quantitative estimate of drug-likeness (QED) is 0.416. The zero-order chi connectivity index (χ0) is 10.4. The van der Waals surface area contributed by atoms with E-state index in [1.165, 1.54) is 6.07 Å². The number of hydrogen-bond donors (Lipinski definition) is 0. The van der Waals surface area contributed by atoms with Crippen molar-refractivity contribution in [1.82, 2.24) is 0 Å². The van der Waals surface area contributed by atoms with Crippen LogP contribution < -0.4 is 0 Å². The molecule has 1 rings (SSSR count). The average molecular weight is 191 g/mol. The number of rotatable bonds is 4. The Morgan fingerprint density at radius 3 is 2.71 bits per heavy atom. The molecule has 0 atom stereocenters. The number of para-hydroxylation sites is 1. The van der Waals surface area contributed by atoms with Crippen LogP contribution in [0.15, 0.2) is 30.3 Å². The minimum absolute atomic E-state index is 0.0506. The topological polar surface area (TPSA) is 60.2 Å². The van der Waals surface area contributed by atoms with Gasteiger partial charge < -0.3 is 4.79 Å². The second-order valence-corrected chi connectivity index (χ2v) is 2.62. The molecule has 0 bridgehead atoms. The van der Waals surface area contributed by atoms with Crippen molar-refractivity contribution in [2.45, 2.75) is 6.42 Å². The summed E-state index contributed by atoms with van der Waals surface area (Å²) in [7, 11) is 0. The van der Waals surface area contributed by atoms with Gasteiger partial charge in [-0.25, -0.2) is 0 Å². The number of allylic oxidation sites excluding steroid dienone is 1. The van der Waals surface area contributed by atoms with Crippen LogP contribution in [0.25, 0.3) is 6.08 Å². The number of benzene rings is 1. The third kappa shape index (κ3) is 2.52. The number of carbonyl (C=O) groups excluding carboxylic acids is 1. The molecule has 0 radical (unpaired) electrons. The fourth-order valence-electron chi connectivity index (χ4n) is 1.05. The molecule has 72 valence electrons. The normalized spacial score (nSPS) is 10.3. The first-order chi connectivity index (χ1) is 6.75. The lowest BCUT2D eigenvalue weighted by Crippen LogP contribution is -1.90. The van der Waals surface area contributed by atoms with Gasteiger partial charge in [-0.1, -0.05) is 24.3 Å². The van der Waals surface area contributed by atoms with Crippen LogP contribution in [-0.2, 0) is 4.79 Å². The molecular formula is C10H9NO3. The van der Waals surface area contributed by atoms with Crippen molar-refractivity contribution in [2.75, 3.05) is 0 Å². The van der Waals surface area contributed by atoms with Gasteiger partial charge in [0.1, 0.15) is 6.29 Å². The number of nitro benzene ring substituents is 1. The van der Waals surface area contributed by atoms with Crippen LogP contribution in [0.3, 0.4) is 0 Å². The molecule has 4 nitrogen and oxygen atoms in total. The minimum Gasteiger partial charge on any atom is -0.303 e. The van der Waals surface area contributed by atoms with E-state index in [0.29, 0.717) is 5.56 Å². The highest BCUT2D eigenvalue weighted by atomic mass is 16.6. The molecule has 0 fully saturated rings. The second kappa shape index (κ2) is 4.91. The molecule has 4 heteroatoms. The Labute approximate surface area is 81.0 Å². The van der Waals surface area contributed by atoms with Gasteiger partial charge >= 0.3 is 0 Å². The molecule has 14 heavy (non-hydrogen) atoms. The third-order valence-electron chi connectivity index (χ3n) is 1.66. The Kier molecular flexibility index (Phi) is 3.55. The van der Waals surface area contributed by atoms with Gasteiger partial charge in [0.15, 0.2) is 0 Å². The van der Waals surface area contributed by atoms with Crippen LogP contribution in [-0.4, -0.2) is 11.2 Å². The largest absolute Gasteiger partial charge is 0.303 e. The third-order valence-corrected chi connectivity index (χ3v) is 1.66. The Bertz CT molecular complexity index is 371. The molecule has 0 saturated carbocycles. The Morgan fingerprint density at radius 1 is 1.36 bits per heavy atom. The maximum Gasteiger partial charge on any atom is 0.276 e. The van der Waals surface area contributed by atoms with Crippen LogP contribution in [0.2, 0.25) is 0 Å². The molecule has 0 N–H and O–H groups in total. The molecule has 0 amide bonds. The second-order valence-electron chi connectivity index (χ2n) is 2.62. The van der Waals surface area contributed by atoms with Crippen molar-refractivity contribution >= 4 is 18.0 Å². The summed E-state index contributed by atoms with van der Waals surface area (Å²) in [6, 6.07) is 6.39. The average Bonchev–Trinajstić information content (AvgIpc) is 2.19. The first-order valence-electron chi connectivity index (χ1n) is 4.09. The van der Waals surface area contributed by atoms with E-state index in [-0.39, 0.29) is 12.1 Å². The predicted molar refractivity (Wildman–Crippen MR) is 52.8 cm³/mol. The van der Waals surface area contributed by atoms with Crippen molar-refractivity contribution in [3.05, 3.63) is 46.0 Å². The van der Waals surface area contributed by atoms with Gasteiger partial charge in [-0.05, 0) is 6.07 Å². The van der Waals surface area contributed by atoms with Crippen molar-refractivity contribution < 1.29 is 9.72 Å². The maximum atomic E-state index is 10.6. The Morgan fingerprint density at radius 2 is 2.07 bits per heavy atom. The monoisotopic (exact) mass is 191 g/mol. The van der Waals surface area contributed by atoms with Crippen LogP contribution >= 0.6 is 0 Å². The van der Waals surface area contributed by atoms with Crippen molar-refractivity contribution in [3.63, 3.8) is 0 Å². The van der Waals surface area contributed by atoms with E-state index >= 15 is 0 Å². The van der Waals surface area contributed by atoms with Gasteiger partial charge in [0.05, 0.1) is 10.5 Å². The fourth-order valence-corrected chi connectivity index (χ4v) is 1.05. The highest BCUT2D eigenvalue weighted by Crippen LogP contribution is 2.18. The molecule has 0 unspecified atom stereocenters. The van der Waals surface area contributed by atoms with Crippen LogP contribution in [0, 0.1) is 10.1 Å². The van der Waals surface area contributed by atoms with E-state index in [4.69, 9.17) is 0 Å². The summed E-state index contributed by atoms with van der Waals surface area (Å²) in [5.41, 5.74) is 0.564. The summed E-state index contributed by atoms with van der Waals surface area (Å²) < 4.78 is 0. The van der Waals surface area contributed by atoms with Gasteiger partial charge in [0, 0.05) is 12.5 Å². The lowest BCUT2D eigenvalue weighted by atomic mass is 10.1. The summed E-state index contributed by atoms with van der Waals surface area (Å²) in [6.45, 7) is 0. The number of hydrogen-bond acceptors (Lipinski definition) is 3. The summed E-state index contributed by atoms with van der Waals surface area (Å²) in [5.74, 6) is 0. The summed E-state index contributed by atoms with van der Waals surface area (Å²) in [5, 5.41) is 10.6. The van der Waals surface area contributed by atoms with Gasteiger partial charge in [-0.3, -0.25) is 10.1 Å². The minimum atomic E-state index is -0.444. The van der Waals surface area contributed by atoms with E-state index in [9.17, 15) is 14.9 Å². The SMILES string of the molecule is O=CCC=Cc1ccccc1[N+](=O)[O-]. The molecular weight excluding hydrogens is 182 g/mol. The standard InChI is InChI=1S/C10H9NO3/c12-8-4-3-6-9-5-1-2-7-10(9)11(13)14/h1-3,5-8H,4H2. The molecule has 0 heterocycles. The van der Waals surface area contributed by atoms with Crippen molar-refractivity contribution in [1.29, 1.82) is 0 Å². The maximum absolute atomic E-state index is 10.6. The first kappa shape index (κ1) is 10.1. The number of aldehydes is 1. The van der Waals surface area contributed by atoms with Crippen molar-refractivity contribution in [3.8, 4) is 0 Å². The zero-order valence-corrected chi connectivity index (χ0v) is 7.42. The number of nitro groups is 1. The van der Waals surface area contributed by atoms with E-state index in [1.807, 2.05) is 0 Å². The predicted octanol–water partition coefficient (Wildman–Crippen LogP) is 2.20. The van der Waals surface area contributed by atoms with Gasteiger partial charge in [0.25, 0.3) is 5.69 Å². The molecule has 0 aliphatic carbocycles. The smallest absolute Gasteiger partial charge is 0.276 e.